The van der Waals surface area contributed by atoms with E-state index in [0.29, 0.717) is 18.9 Å². The van der Waals surface area contributed by atoms with Crippen molar-refractivity contribution in [2.24, 2.45) is 5.92 Å². The van der Waals surface area contributed by atoms with Crippen LogP contribution in [0.5, 0.6) is 0 Å². The summed E-state index contributed by atoms with van der Waals surface area (Å²) in [5.41, 5.74) is 6.27. The van der Waals surface area contributed by atoms with Crippen LogP contribution in [-0.4, -0.2) is 31.2 Å². The Morgan fingerprint density at radius 3 is 2.89 bits per heavy atom. The Bertz CT molecular complexity index is 496. The Morgan fingerprint density at radius 2 is 2.37 bits per heavy atom. The molecular formula is C13H18N4O2. The van der Waals surface area contributed by atoms with Crippen LogP contribution >= 0.6 is 0 Å². The van der Waals surface area contributed by atoms with Crippen LogP contribution in [0.3, 0.4) is 0 Å². The molecule has 0 aliphatic heterocycles. The third kappa shape index (κ3) is 3.58. The van der Waals surface area contributed by atoms with Gasteiger partial charge in [0.25, 0.3) is 0 Å². The maximum Gasteiger partial charge on any atom is 0.340 e. The number of nitrogens with two attached hydrogens (primary N) is 1. The van der Waals surface area contributed by atoms with Crippen LogP contribution in [0.1, 0.15) is 24.2 Å². The number of ether oxygens (including phenoxy) is 1. The fourth-order valence-corrected chi connectivity index (χ4v) is 1.67. The fraction of sp³-hybridized carbons (Fsp3) is 0.462. The second kappa shape index (κ2) is 6.59. The van der Waals surface area contributed by atoms with E-state index in [1.807, 2.05) is 18.7 Å². The van der Waals surface area contributed by atoms with Crippen molar-refractivity contribution in [2.45, 2.75) is 13.8 Å². The van der Waals surface area contributed by atoms with E-state index in [1.54, 1.807) is 6.07 Å². The van der Waals surface area contributed by atoms with Crippen LogP contribution in [-0.2, 0) is 4.74 Å². The molecule has 6 nitrogen and oxygen atoms in total. The van der Waals surface area contributed by atoms with Gasteiger partial charge in [-0.2, -0.15) is 5.26 Å². The molecule has 0 saturated carbocycles. The van der Waals surface area contributed by atoms with Crippen molar-refractivity contribution < 1.29 is 9.53 Å². The normalized spacial score (nSPS) is 11.5. The number of aromatic nitrogens is 1. The number of anilines is 2. The minimum atomic E-state index is -0.495. The molecule has 0 spiro atoms. The SMILES string of the molecule is CCN(CC(C)C#N)c1cc(C(=O)OC)c(N)cn1. The van der Waals surface area contributed by atoms with Gasteiger partial charge in [-0.1, -0.05) is 0 Å². The number of rotatable bonds is 5. The lowest BCUT2D eigenvalue weighted by Crippen LogP contribution is -2.29. The molecule has 1 atom stereocenters. The first-order chi connectivity index (χ1) is 9.03. The Hall–Kier alpha value is -2.29. The summed E-state index contributed by atoms with van der Waals surface area (Å²) in [6, 6.07) is 3.77. The quantitative estimate of drug-likeness (QED) is 0.807. The van der Waals surface area contributed by atoms with Crippen molar-refractivity contribution in [3.63, 3.8) is 0 Å². The monoisotopic (exact) mass is 262 g/mol. The zero-order valence-electron chi connectivity index (χ0n) is 11.4. The van der Waals surface area contributed by atoms with Crippen LogP contribution in [0.2, 0.25) is 0 Å². The molecule has 19 heavy (non-hydrogen) atoms. The van der Waals surface area contributed by atoms with E-state index in [2.05, 4.69) is 15.8 Å². The molecular weight excluding hydrogens is 244 g/mol. The van der Waals surface area contributed by atoms with Crippen LogP contribution in [0.4, 0.5) is 11.5 Å². The number of nitrogens with zero attached hydrogens (tertiary/aromatic N) is 3. The third-order valence-electron chi connectivity index (χ3n) is 2.75. The van der Waals surface area contributed by atoms with E-state index < -0.39 is 5.97 Å². The zero-order valence-corrected chi connectivity index (χ0v) is 11.4. The maximum atomic E-state index is 11.6. The van der Waals surface area contributed by atoms with Crippen molar-refractivity contribution in [3.05, 3.63) is 17.8 Å². The summed E-state index contributed by atoms with van der Waals surface area (Å²) in [5.74, 6) is -0.00869. The molecule has 0 aliphatic rings. The number of esters is 1. The molecule has 0 aliphatic carbocycles. The van der Waals surface area contributed by atoms with E-state index in [-0.39, 0.29) is 17.2 Å². The summed E-state index contributed by atoms with van der Waals surface area (Å²) in [6.45, 7) is 5.02. The highest BCUT2D eigenvalue weighted by Gasteiger charge is 2.16. The largest absolute Gasteiger partial charge is 0.465 e. The Kier molecular flexibility index (Phi) is 5.12. The summed E-state index contributed by atoms with van der Waals surface area (Å²) in [6.07, 6.45) is 1.43. The smallest absolute Gasteiger partial charge is 0.340 e. The molecule has 1 heterocycles. The Labute approximate surface area is 112 Å². The van der Waals surface area contributed by atoms with Crippen LogP contribution < -0.4 is 10.6 Å². The van der Waals surface area contributed by atoms with Gasteiger partial charge in [-0.3, -0.25) is 0 Å². The molecule has 0 fully saturated rings. The van der Waals surface area contributed by atoms with Gasteiger partial charge in [-0.15, -0.1) is 0 Å². The minimum Gasteiger partial charge on any atom is -0.465 e. The van der Waals surface area contributed by atoms with Crippen molar-refractivity contribution in [1.82, 2.24) is 4.98 Å². The van der Waals surface area contributed by atoms with Gasteiger partial charge in [0.2, 0.25) is 0 Å². The van der Waals surface area contributed by atoms with Gasteiger partial charge >= 0.3 is 5.97 Å². The zero-order chi connectivity index (χ0) is 14.4. The fourth-order valence-electron chi connectivity index (χ4n) is 1.67. The summed E-state index contributed by atoms with van der Waals surface area (Å²) in [5, 5.41) is 8.86. The van der Waals surface area contributed by atoms with Crippen molar-refractivity contribution >= 4 is 17.5 Å². The highest BCUT2D eigenvalue weighted by molar-refractivity contribution is 5.95. The van der Waals surface area contributed by atoms with Crippen LogP contribution in [0.15, 0.2) is 12.3 Å². The highest BCUT2D eigenvalue weighted by Crippen LogP contribution is 2.19. The third-order valence-corrected chi connectivity index (χ3v) is 2.75. The molecule has 1 aromatic rings. The van der Waals surface area contributed by atoms with E-state index in [0.717, 1.165) is 0 Å². The summed E-state index contributed by atoms with van der Waals surface area (Å²) >= 11 is 0. The molecule has 0 amide bonds. The first kappa shape index (κ1) is 14.8. The van der Waals surface area contributed by atoms with Gasteiger partial charge in [0.05, 0.1) is 36.5 Å². The Balaban J connectivity index is 3.06. The maximum absolute atomic E-state index is 11.6. The lowest BCUT2D eigenvalue weighted by atomic mass is 10.1. The molecule has 6 heteroatoms. The van der Waals surface area contributed by atoms with Crippen molar-refractivity contribution in [3.8, 4) is 6.07 Å². The average Bonchev–Trinajstić information content (AvgIpc) is 2.44. The van der Waals surface area contributed by atoms with Gasteiger partial charge in [0.1, 0.15) is 5.82 Å². The van der Waals surface area contributed by atoms with E-state index >= 15 is 0 Å². The topological polar surface area (TPSA) is 92.2 Å². The van der Waals surface area contributed by atoms with Gasteiger partial charge in [0.15, 0.2) is 0 Å². The number of carbonyl (C=O) groups is 1. The lowest BCUT2D eigenvalue weighted by molar-refractivity contribution is 0.0602. The van der Waals surface area contributed by atoms with E-state index in [4.69, 9.17) is 11.0 Å². The first-order valence-corrected chi connectivity index (χ1v) is 6.01. The van der Waals surface area contributed by atoms with Gasteiger partial charge in [-0.25, -0.2) is 9.78 Å². The molecule has 0 saturated heterocycles. The van der Waals surface area contributed by atoms with Gasteiger partial charge in [-0.05, 0) is 19.9 Å². The molecule has 1 aromatic heterocycles. The number of methoxy groups -OCH3 is 1. The lowest BCUT2D eigenvalue weighted by Gasteiger charge is -2.23. The van der Waals surface area contributed by atoms with E-state index in [9.17, 15) is 4.79 Å². The number of nitrogen functional groups attached to an aromatic ring is 1. The summed E-state index contributed by atoms with van der Waals surface area (Å²) < 4.78 is 4.67. The first-order valence-electron chi connectivity index (χ1n) is 6.01. The molecule has 102 valence electrons. The molecule has 0 radical (unpaired) electrons. The van der Waals surface area contributed by atoms with Gasteiger partial charge in [0, 0.05) is 13.1 Å². The van der Waals surface area contributed by atoms with E-state index in [1.165, 1.54) is 13.3 Å². The number of carbonyl (C=O) groups excluding carboxylic acids is 1. The van der Waals surface area contributed by atoms with Gasteiger partial charge < -0.3 is 15.4 Å². The number of hydrogen-bond donors (Lipinski definition) is 1. The highest BCUT2D eigenvalue weighted by atomic mass is 16.5. The second-order valence-electron chi connectivity index (χ2n) is 4.19. The molecule has 2 N–H and O–H groups in total. The minimum absolute atomic E-state index is 0.124. The second-order valence-corrected chi connectivity index (χ2v) is 4.19. The predicted octanol–water partition coefficient (Wildman–Crippen LogP) is 1.44. The summed E-state index contributed by atoms with van der Waals surface area (Å²) in [7, 11) is 1.30. The van der Waals surface area contributed by atoms with Crippen molar-refractivity contribution in [2.75, 3.05) is 30.8 Å². The van der Waals surface area contributed by atoms with Crippen LogP contribution in [0.25, 0.3) is 0 Å². The molecule has 0 aromatic carbocycles. The predicted molar refractivity (Wildman–Crippen MR) is 72.7 cm³/mol. The molecule has 0 bridgehead atoms. The number of hydrogen-bond acceptors (Lipinski definition) is 6. The molecule has 1 rings (SSSR count). The standard InChI is InChI=1S/C13H18N4O2/c1-4-17(8-9(2)6-14)12-5-10(13(18)19-3)11(15)7-16-12/h5,7,9H,4,8,15H2,1-3H3. The molecule has 1 unspecified atom stereocenters. The van der Waals surface area contributed by atoms with Crippen LogP contribution in [0, 0.1) is 17.2 Å². The summed E-state index contributed by atoms with van der Waals surface area (Å²) in [4.78, 5) is 17.7. The van der Waals surface area contributed by atoms with Crippen molar-refractivity contribution in [1.29, 1.82) is 5.26 Å². The average molecular weight is 262 g/mol. The number of pyridine rings is 1. The Morgan fingerprint density at radius 1 is 1.68 bits per heavy atom. The number of nitriles is 1.